The Balaban J connectivity index is 0.00000343. The van der Waals surface area contributed by atoms with Crippen LogP contribution in [0.25, 0.3) is 27.6 Å². The molecule has 3 N–H and O–H groups in total. The smallest absolute Gasteiger partial charge is 0.309 e. The molecule has 2 fully saturated rings. The lowest BCUT2D eigenvalue weighted by Gasteiger charge is -2.36. The number of nitrogen functional groups attached to an aromatic ring is 1. The van der Waals surface area contributed by atoms with Crippen LogP contribution in [0.2, 0.25) is 0 Å². The van der Waals surface area contributed by atoms with Gasteiger partial charge in [0.1, 0.15) is 10.5 Å². The highest BCUT2D eigenvalue weighted by Crippen LogP contribution is 2.27. The van der Waals surface area contributed by atoms with Gasteiger partial charge in [0.05, 0.1) is 16.8 Å². The van der Waals surface area contributed by atoms with Gasteiger partial charge in [-0.1, -0.05) is 11.3 Å². The van der Waals surface area contributed by atoms with E-state index in [2.05, 4.69) is 25.3 Å². The van der Waals surface area contributed by atoms with Gasteiger partial charge in [-0.05, 0) is 30.3 Å². The first-order chi connectivity index (χ1) is 20.8. The predicted molar refractivity (Wildman–Crippen MR) is 166 cm³/mol. The highest BCUT2D eigenvalue weighted by molar-refractivity contribution is 7.89. The highest BCUT2D eigenvalue weighted by Gasteiger charge is 2.28. The Labute approximate surface area is 261 Å². The molecular weight excluding hydrogens is 635 g/mol. The normalized spacial score (nSPS) is 17.0. The van der Waals surface area contributed by atoms with Gasteiger partial charge in [-0.3, -0.25) is 14.3 Å². The Bertz CT molecular complexity index is 1960. The molecule has 1 aromatic carbocycles. The highest BCUT2D eigenvalue weighted by atomic mass is 35.5. The van der Waals surface area contributed by atoms with Crippen LogP contribution >= 0.6 is 23.7 Å². The number of nitrogens with two attached hydrogens (primary N) is 1. The minimum absolute atomic E-state index is 0. The second-order valence-corrected chi connectivity index (χ2v) is 13.3. The van der Waals surface area contributed by atoms with Crippen molar-refractivity contribution < 1.29 is 17.2 Å². The van der Waals surface area contributed by atoms with Gasteiger partial charge in [0.15, 0.2) is 17.1 Å². The Morgan fingerprint density at radius 3 is 2.50 bits per heavy atom. The van der Waals surface area contributed by atoms with E-state index in [0.717, 1.165) is 17.4 Å². The third kappa shape index (κ3) is 5.43. The average molecular weight is 665 g/mol. The van der Waals surface area contributed by atoms with Crippen LogP contribution in [0, 0.1) is 5.82 Å². The van der Waals surface area contributed by atoms with Crippen molar-refractivity contribution in [2.75, 3.05) is 69.5 Å². The Morgan fingerprint density at radius 2 is 1.80 bits per heavy atom. The molecule has 0 spiro atoms. The van der Waals surface area contributed by atoms with Crippen molar-refractivity contribution >= 4 is 61.4 Å². The number of thiazole rings is 1. The van der Waals surface area contributed by atoms with Crippen molar-refractivity contribution in [1.82, 2.24) is 38.7 Å². The molecule has 14 nitrogen and oxygen atoms in total. The summed E-state index contributed by atoms with van der Waals surface area (Å²) >= 11 is 1.04. The number of aromatic nitrogens is 5. The van der Waals surface area contributed by atoms with Gasteiger partial charge in [0.25, 0.3) is 0 Å². The van der Waals surface area contributed by atoms with Crippen LogP contribution in [0.4, 0.5) is 16.0 Å². The van der Waals surface area contributed by atoms with E-state index in [1.54, 1.807) is 22.8 Å². The van der Waals surface area contributed by atoms with E-state index in [-0.39, 0.29) is 28.1 Å². The molecule has 0 aliphatic carbocycles. The number of benzene rings is 1. The SMILES string of the molecule is Cl.Nc1nc2c(sc(=O)n2CCN2CCN(c3ccc(S(=O)(=O)N4CCNCC4)cc3F)CC2)c2nc(-c3ccco3)nn12. The molecule has 6 heterocycles. The number of hydrogen-bond donors (Lipinski definition) is 2. The predicted octanol–water partition coefficient (Wildman–Crippen LogP) is 1.32. The number of halogens is 2. The first-order valence-corrected chi connectivity index (χ1v) is 16.1. The van der Waals surface area contributed by atoms with Crippen molar-refractivity contribution in [3.05, 3.63) is 52.1 Å². The molecule has 234 valence electrons. The van der Waals surface area contributed by atoms with Crippen molar-refractivity contribution in [3.63, 3.8) is 0 Å². The van der Waals surface area contributed by atoms with Crippen molar-refractivity contribution in [2.45, 2.75) is 11.4 Å². The van der Waals surface area contributed by atoms with E-state index in [4.69, 9.17) is 10.2 Å². The number of piperazine rings is 2. The molecule has 4 aromatic heterocycles. The second kappa shape index (κ2) is 12.1. The van der Waals surface area contributed by atoms with Gasteiger partial charge < -0.3 is 20.4 Å². The minimum Gasteiger partial charge on any atom is -0.461 e. The maximum Gasteiger partial charge on any atom is 0.309 e. The summed E-state index contributed by atoms with van der Waals surface area (Å²) in [7, 11) is -3.74. The summed E-state index contributed by atoms with van der Waals surface area (Å²) in [6.07, 6.45) is 1.53. The van der Waals surface area contributed by atoms with E-state index in [9.17, 15) is 13.2 Å². The van der Waals surface area contributed by atoms with Crippen molar-refractivity contribution in [2.24, 2.45) is 0 Å². The van der Waals surface area contributed by atoms with E-state index in [0.29, 0.717) is 98.7 Å². The number of anilines is 2. The van der Waals surface area contributed by atoms with E-state index in [1.807, 2.05) is 4.90 Å². The fraction of sp³-hybridized carbons (Fsp3) is 0.385. The molecule has 44 heavy (non-hydrogen) atoms. The zero-order chi connectivity index (χ0) is 29.7. The molecule has 2 aliphatic rings. The van der Waals surface area contributed by atoms with Gasteiger partial charge in [0.2, 0.25) is 21.8 Å². The second-order valence-electron chi connectivity index (χ2n) is 10.4. The van der Waals surface area contributed by atoms with Gasteiger partial charge in [0, 0.05) is 65.4 Å². The lowest BCUT2D eigenvalue weighted by Crippen LogP contribution is -2.48. The van der Waals surface area contributed by atoms with Crippen molar-refractivity contribution in [3.8, 4) is 11.6 Å². The number of sulfonamides is 1. The quantitative estimate of drug-likeness (QED) is 0.258. The number of hydrogen-bond acceptors (Lipinski definition) is 12. The Kier molecular flexibility index (Phi) is 8.33. The van der Waals surface area contributed by atoms with Crippen LogP contribution in [-0.4, -0.2) is 101 Å². The molecule has 2 aliphatic heterocycles. The van der Waals surface area contributed by atoms with Crippen molar-refractivity contribution in [1.29, 1.82) is 0 Å². The summed E-state index contributed by atoms with van der Waals surface area (Å²) in [4.78, 5) is 25.9. The average Bonchev–Trinajstić information content (AvgIpc) is 3.77. The van der Waals surface area contributed by atoms with E-state index in [1.165, 1.54) is 21.2 Å². The van der Waals surface area contributed by atoms with Crippen LogP contribution in [0.15, 0.2) is 50.7 Å². The number of fused-ring (bicyclic) bond motifs is 3. The van der Waals surface area contributed by atoms with Gasteiger partial charge >= 0.3 is 4.87 Å². The summed E-state index contributed by atoms with van der Waals surface area (Å²) < 4.78 is 51.4. The number of nitrogens with zero attached hydrogens (tertiary/aromatic N) is 8. The zero-order valence-electron chi connectivity index (χ0n) is 23.4. The van der Waals surface area contributed by atoms with E-state index < -0.39 is 15.8 Å². The molecule has 2 saturated heterocycles. The first-order valence-electron chi connectivity index (χ1n) is 13.9. The molecule has 0 radical (unpaired) electrons. The summed E-state index contributed by atoms with van der Waals surface area (Å²) in [6.45, 7) is 5.26. The van der Waals surface area contributed by atoms with Gasteiger partial charge in [-0.25, -0.2) is 17.8 Å². The molecule has 0 atom stereocenters. The lowest BCUT2D eigenvalue weighted by molar-refractivity contribution is 0.248. The van der Waals surface area contributed by atoms with Crippen LogP contribution in [0.5, 0.6) is 0 Å². The minimum atomic E-state index is -3.74. The standard InChI is InChI=1S/C26H29FN10O4S2.ClH/c27-18-16-17(43(39,40)35-7-5-29-6-8-35)3-4-19(18)34-12-9-33(10-13-34)11-14-36-23-21(42-26(36)38)24-30-22(20-2-1-15-41-20)32-37(24)25(28)31-23;/h1-4,15-16,29H,5-14H2,(H2,28,31);1H. The van der Waals surface area contributed by atoms with Crippen LogP contribution in [0.1, 0.15) is 0 Å². The fourth-order valence-electron chi connectivity index (χ4n) is 5.53. The molecule has 7 rings (SSSR count). The first kappa shape index (κ1) is 30.4. The third-order valence-electron chi connectivity index (χ3n) is 7.84. The van der Waals surface area contributed by atoms with Crippen LogP contribution < -0.4 is 20.8 Å². The van der Waals surface area contributed by atoms with Crippen LogP contribution in [-0.2, 0) is 16.6 Å². The Hall–Kier alpha value is -3.61. The zero-order valence-corrected chi connectivity index (χ0v) is 25.9. The maximum absolute atomic E-state index is 15.2. The molecule has 0 saturated carbocycles. The molecule has 18 heteroatoms. The third-order valence-corrected chi connectivity index (χ3v) is 10.7. The fourth-order valence-corrected chi connectivity index (χ4v) is 7.91. The van der Waals surface area contributed by atoms with Gasteiger partial charge in [-0.15, -0.1) is 17.5 Å². The summed E-state index contributed by atoms with van der Waals surface area (Å²) in [5, 5.41) is 7.51. The largest absolute Gasteiger partial charge is 0.461 e. The molecule has 0 unspecified atom stereocenters. The number of furan rings is 1. The van der Waals surface area contributed by atoms with E-state index >= 15 is 4.39 Å². The molecule has 0 amide bonds. The summed E-state index contributed by atoms with van der Waals surface area (Å²) in [6, 6.07) is 7.64. The lowest BCUT2D eigenvalue weighted by atomic mass is 10.2. The molecule has 0 bridgehead atoms. The molecular formula is C26H30ClFN10O4S2. The summed E-state index contributed by atoms with van der Waals surface area (Å²) in [5.74, 6) is 0.392. The monoisotopic (exact) mass is 664 g/mol. The number of nitrogens with one attached hydrogen (secondary N) is 1. The van der Waals surface area contributed by atoms with Crippen LogP contribution in [0.3, 0.4) is 0 Å². The maximum atomic E-state index is 15.2. The number of rotatable bonds is 7. The van der Waals surface area contributed by atoms with Gasteiger partial charge in [-0.2, -0.15) is 13.8 Å². The molecule has 5 aromatic rings. The summed E-state index contributed by atoms with van der Waals surface area (Å²) in [5.41, 5.74) is 7.46. The topological polar surface area (TPSA) is 160 Å². The Morgan fingerprint density at radius 1 is 1.02 bits per heavy atom.